The highest BCUT2D eigenvalue weighted by Crippen LogP contribution is 2.20. The fraction of sp³-hybridized carbons (Fsp3) is 0.111. The highest BCUT2D eigenvalue weighted by atomic mass is 35.5. The Balaban J connectivity index is 3.16. The predicted octanol–water partition coefficient (Wildman–Crippen LogP) is 3.02. The molecule has 0 aromatic heterocycles. The van der Waals surface area contributed by atoms with Crippen molar-refractivity contribution >= 4 is 23.4 Å². The van der Waals surface area contributed by atoms with Crippen LogP contribution < -0.4 is 5.32 Å². The van der Waals surface area contributed by atoms with E-state index >= 15 is 0 Å². The molecule has 0 spiro atoms. The topological polar surface area (TPSA) is 12.0 Å². The van der Waals surface area contributed by atoms with E-state index in [1.807, 2.05) is 25.2 Å². The van der Waals surface area contributed by atoms with Gasteiger partial charge in [0.25, 0.3) is 0 Å². The van der Waals surface area contributed by atoms with Crippen molar-refractivity contribution < 1.29 is 0 Å². The van der Waals surface area contributed by atoms with Crippen molar-refractivity contribution in [3.8, 4) is 0 Å². The fourth-order valence-corrected chi connectivity index (χ4v) is 1.10. The Morgan fingerprint density at radius 3 is 2.82 bits per heavy atom. The summed E-state index contributed by atoms with van der Waals surface area (Å²) in [6.07, 6.45) is 1.79. The van der Waals surface area contributed by atoms with Gasteiger partial charge in [-0.2, -0.15) is 0 Å². The minimum absolute atomic E-state index is 0.736. The van der Waals surface area contributed by atoms with Crippen molar-refractivity contribution in [3.63, 3.8) is 0 Å². The third-order valence-electron chi connectivity index (χ3n) is 1.50. The van der Waals surface area contributed by atoms with Crippen molar-refractivity contribution in [1.82, 2.24) is 0 Å². The van der Waals surface area contributed by atoms with Crippen LogP contribution in [0.15, 0.2) is 24.8 Å². The maximum Gasteiger partial charge on any atom is 0.0426 e. The van der Waals surface area contributed by atoms with Gasteiger partial charge in [-0.15, -0.1) is 0 Å². The largest absolute Gasteiger partial charge is 0.388 e. The first-order valence-electron chi connectivity index (χ1n) is 3.37. The summed E-state index contributed by atoms with van der Waals surface area (Å²) in [6.45, 7) is 3.69. The van der Waals surface area contributed by atoms with Gasteiger partial charge in [-0.05, 0) is 17.7 Å². The maximum atomic E-state index is 5.78. The second-order valence-corrected chi connectivity index (χ2v) is 2.62. The van der Waals surface area contributed by atoms with Crippen molar-refractivity contribution in [2.75, 3.05) is 12.4 Å². The van der Waals surface area contributed by atoms with Gasteiger partial charge >= 0.3 is 0 Å². The minimum atomic E-state index is 0.736. The summed E-state index contributed by atoms with van der Waals surface area (Å²) in [5.74, 6) is 0. The number of hydrogen-bond acceptors (Lipinski definition) is 1. The summed E-state index contributed by atoms with van der Waals surface area (Å²) >= 11 is 5.78. The Morgan fingerprint density at radius 1 is 1.55 bits per heavy atom. The first-order valence-corrected chi connectivity index (χ1v) is 3.75. The Labute approximate surface area is 71.7 Å². The number of rotatable bonds is 2. The zero-order valence-electron chi connectivity index (χ0n) is 6.39. The molecule has 0 saturated heterocycles. The first kappa shape index (κ1) is 8.15. The number of halogens is 1. The van der Waals surface area contributed by atoms with E-state index in [9.17, 15) is 0 Å². The van der Waals surface area contributed by atoms with Gasteiger partial charge < -0.3 is 5.32 Å². The highest BCUT2D eigenvalue weighted by Gasteiger charge is 1.96. The van der Waals surface area contributed by atoms with Crippen LogP contribution in [-0.2, 0) is 0 Å². The molecule has 0 atom stereocenters. The van der Waals surface area contributed by atoms with Gasteiger partial charge in [0, 0.05) is 17.8 Å². The van der Waals surface area contributed by atoms with Gasteiger partial charge in [-0.25, -0.2) is 0 Å². The summed E-state index contributed by atoms with van der Waals surface area (Å²) in [4.78, 5) is 0. The summed E-state index contributed by atoms with van der Waals surface area (Å²) in [5, 5.41) is 3.77. The van der Waals surface area contributed by atoms with E-state index in [1.165, 1.54) is 0 Å². The molecule has 1 nitrogen and oxygen atoms in total. The maximum absolute atomic E-state index is 5.78. The van der Waals surface area contributed by atoms with Crippen LogP contribution in [0.1, 0.15) is 5.56 Å². The molecule has 0 radical (unpaired) electrons. The van der Waals surface area contributed by atoms with Crippen molar-refractivity contribution in [3.05, 3.63) is 35.4 Å². The van der Waals surface area contributed by atoms with Crippen LogP contribution in [0.4, 0.5) is 5.69 Å². The van der Waals surface area contributed by atoms with Gasteiger partial charge in [0.05, 0.1) is 0 Å². The summed E-state index contributed by atoms with van der Waals surface area (Å²) in [5.41, 5.74) is 2.07. The molecule has 0 aliphatic heterocycles. The summed E-state index contributed by atoms with van der Waals surface area (Å²) < 4.78 is 0. The number of hydrogen-bond donors (Lipinski definition) is 1. The van der Waals surface area contributed by atoms with E-state index in [2.05, 4.69) is 11.9 Å². The second-order valence-electron chi connectivity index (χ2n) is 2.19. The Morgan fingerprint density at radius 2 is 2.27 bits per heavy atom. The molecule has 0 aliphatic rings. The molecular formula is C9H10ClN. The molecule has 1 rings (SSSR count). The molecular weight excluding hydrogens is 158 g/mol. The molecule has 58 valence electrons. The number of benzene rings is 1. The average Bonchev–Trinajstić information content (AvgIpc) is 2.04. The van der Waals surface area contributed by atoms with Crippen molar-refractivity contribution in [1.29, 1.82) is 0 Å². The normalized spacial score (nSPS) is 9.27. The Hall–Kier alpha value is -0.950. The van der Waals surface area contributed by atoms with E-state index < -0.39 is 0 Å². The lowest BCUT2D eigenvalue weighted by atomic mass is 10.2. The van der Waals surface area contributed by atoms with E-state index in [-0.39, 0.29) is 0 Å². The zero-order valence-corrected chi connectivity index (χ0v) is 7.15. The lowest BCUT2D eigenvalue weighted by Gasteiger charge is -2.04. The quantitative estimate of drug-likeness (QED) is 0.714. The molecule has 0 unspecified atom stereocenters. The van der Waals surface area contributed by atoms with E-state index in [1.54, 1.807) is 6.08 Å². The second kappa shape index (κ2) is 3.44. The fourth-order valence-electron chi connectivity index (χ4n) is 0.923. The molecule has 2 heteroatoms. The smallest absolute Gasteiger partial charge is 0.0426 e. The molecule has 0 fully saturated rings. The standard InChI is InChI=1S/C9H10ClN/c1-3-7-4-5-8(10)6-9(7)11-2/h3-6,11H,1H2,2H3. The molecule has 11 heavy (non-hydrogen) atoms. The number of nitrogens with one attached hydrogen (secondary N) is 1. The van der Waals surface area contributed by atoms with Gasteiger partial charge in [0.15, 0.2) is 0 Å². The molecule has 1 aromatic carbocycles. The molecule has 0 bridgehead atoms. The first-order chi connectivity index (χ1) is 5.27. The van der Waals surface area contributed by atoms with E-state index in [0.29, 0.717) is 0 Å². The van der Waals surface area contributed by atoms with Gasteiger partial charge in [-0.3, -0.25) is 0 Å². The third kappa shape index (κ3) is 1.75. The molecule has 0 saturated carbocycles. The Bertz CT molecular complexity index is 268. The van der Waals surface area contributed by atoms with Crippen LogP contribution in [0.5, 0.6) is 0 Å². The molecule has 1 N–H and O–H groups in total. The molecule has 0 heterocycles. The summed E-state index contributed by atoms with van der Waals surface area (Å²) in [7, 11) is 1.86. The SMILES string of the molecule is C=Cc1ccc(Cl)cc1NC. The molecule has 0 amide bonds. The average molecular weight is 168 g/mol. The zero-order chi connectivity index (χ0) is 8.27. The van der Waals surface area contributed by atoms with E-state index in [0.717, 1.165) is 16.3 Å². The predicted molar refractivity (Wildman–Crippen MR) is 51.1 cm³/mol. The molecule has 1 aromatic rings. The third-order valence-corrected chi connectivity index (χ3v) is 1.74. The van der Waals surface area contributed by atoms with Crippen LogP contribution in [0, 0.1) is 0 Å². The van der Waals surface area contributed by atoms with Crippen LogP contribution in [0.2, 0.25) is 5.02 Å². The highest BCUT2D eigenvalue weighted by molar-refractivity contribution is 6.30. The van der Waals surface area contributed by atoms with Crippen LogP contribution in [-0.4, -0.2) is 7.05 Å². The molecule has 0 aliphatic carbocycles. The van der Waals surface area contributed by atoms with Crippen LogP contribution >= 0.6 is 11.6 Å². The summed E-state index contributed by atoms with van der Waals surface area (Å²) in [6, 6.07) is 5.65. The van der Waals surface area contributed by atoms with Gasteiger partial charge in [0.1, 0.15) is 0 Å². The lowest BCUT2D eigenvalue weighted by molar-refractivity contribution is 1.49. The number of anilines is 1. The lowest BCUT2D eigenvalue weighted by Crippen LogP contribution is -1.90. The van der Waals surface area contributed by atoms with E-state index in [4.69, 9.17) is 11.6 Å². The van der Waals surface area contributed by atoms with Crippen LogP contribution in [0.3, 0.4) is 0 Å². The van der Waals surface area contributed by atoms with Crippen molar-refractivity contribution in [2.24, 2.45) is 0 Å². The Kier molecular flexibility index (Phi) is 2.55. The van der Waals surface area contributed by atoms with Crippen LogP contribution in [0.25, 0.3) is 6.08 Å². The van der Waals surface area contributed by atoms with Gasteiger partial charge in [-0.1, -0.05) is 30.3 Å². The van der Waals surface area contributed by atoms with Gasteiger partial charge in [0.2, 0.25) is 0 Å². The van der Waals surface area contributed by atoms with Crippen molar-refractivity contribution in [2.45, 2.75) is 0 Å². The minimum Gasteiger partial charge on any atom is -0.388 e. The monoisotopic (exact) mass is 167 g/mol.